The first-order chi connectivity index (χ1) is 9.56. The van der Waals surface area contributed by atoms with Crippen molar-refractivity contribution < 1.29 is 19.4 Å². The maximum atomic E-state index is 11.8. The molecule has 1 unspecified atom stereocenters. The van der Waals surface area contributed by atoms with Crippen LogP contribution in [0.4, 0.5) is 5.69 Å². The van der Waals surface area contributed by atoms with Gasteiger partial charge in [0.1, 0.15) is 11.8 Å². The number of hydrogen-bond donors (Lipinski definition) is 3. The number of carboxylic acids is 1. The molecule has 108 valence electrons. The molecule has 0 saturated carbocycles. The summed E-state index contributed by atoms with van der Waals surface area (Å²) in [6.45, 7) is 3.81. The lowest BCUT2D eigenvalue weighted by Gasteiger charge is -2.13. The van der Waals surface area contributed by atoms with Crippen molar-refractivity contribution in [3.8, 4) is 5.75 Å². The summed E-state index contributed by atoms with van der Waals surface area (Å²) in [5, 5.41) is 14.3. The molecule has 0 aromatic heterocycles. The molecular weight excluding hydrogens is 260 g/mol. The predicted octanol–water partition coefficient (Wildman–Crippen LogP) is 1.25. The number of nitrogens with one attached hydrogen (secondary N) is 2. The van der Waals surface area contributed by atoms with E-state index in [1.165, 1.54) is 6.08 Å². The van der Waals surface area contributed by atoms with Crippen LogP contribution in [0.25, 0.3) is 0 Å². The van der Waals surface area contributed by atoms with E-state index in [0.29, 0.717) is 18.0 Å². The third kappa shape index (κ3) is 5.11. The number of carbonyl (C=O) groups is 2. The molecule has 0 aliphatic rings. The Labute approximate surface area is 117 Å². The molecule has 0 saturated heterocycles. The second kappa shape index (κ2) is 7.96. The fourth-order valence-corrected chi connectivity index (χ4v) is 1.54. The number of anilines is 1. The van der Waals surface area contributed by atoms with Crippen molar-refractivity contribution in [1.82, 2.24) is 5.32 Å². The molecule has 0 bridgehead atoms. The van der Waals surface area contributed by atoms with Gasteiger partial charge >= 0.3 is 5.97 Å². The Morgan fingerprint density at radius 3 is 2.55 bits per heavy atom. The molecule has 0 aliphatic carbocycles. The van der Waals surface area contributed by atoms with Gasteiger partial charge < -0.3 is 20.5 Å². The fourth-order valence-electron chi connectivity index (χ4n) is 1.54. The van der Waals surface area contributed by atoms with Crippen molar-refractivity contribution in [3.05, 3.63) is 36.9 Å². The molecule has 1 aromatic rings. The van der Waals surface area contributed by atoms with E-state index in [0.717, 1.165) is 0 Å². The van der Waals surface area contributed by atoms with E-state index in [2.05, 4.69) is 17.2 Å². The molecule has 20 heavy (non-hydrogen) atoms. The van der Waals surface area contributed by atoms with Crippen LogP contribution in [0.1, 0.15) is 6.42 Å². The zero-order valence-corrected chi connectivity index (χ0v) is 11.3. The quantitative estimate of drug-likeness (QED) is 0.623. The molecule has 0 radical (unpaired) electrons. The molecule has 0 aliphatic heterocycles. The van der Waals surface area contributed by atoms with Crippen molar-refractivity contribution in [2.75, 3.05) is 19.0 Å². The van der Waals surface area contributed by atoms with Crippen LogP contribution in [0.5, 0.6) is 5.75 Å². The van der Waals surface area contributed by atoms with Gasteiger partial charge in [0.25, 0.3) is 0 Å². The zero-order chi connectivity index (χ0) is 15.0. The molecule has 0 fully saturated rings. The fraction of sp³-hybridized carbons (Fsp3) is 0.286. The van der Waals surface area contributed by atoms with Gasteiger partial charge in [-0.3, -0.25) is 9.59 Å². The molecule has 6 nitrogen and oxygen atoms in total. The largest absolute Gasteiger partial charge is 0.497 e. The minimum absolute atomic E-state index is 0.158. The highest BCUT2D eigenvalue weighted by Crippen LogP contribution is 2.15. The Hall–Kier alpha value is -2.34. The summed E-state index contributed by atoms with van der Waals surface area (Å²) in [6, 6.07) is 5.85. The van der Waals surface area contributed by atoms with Gasteiger partial charge in [0.2, 0.25) is 5.91 Å². The van der Waals surface area contributed by atoms with Crippen LogP contribution >= 0.6 is 0 Å². The van der Waals surface area contributed by atoms with Gasteiger partial charge in [0.05, 0.1) is 13.5 Å². The molecule has 0 spiro atoms. The summed E-state index contributed by atoms with van der Waals surface area (Å²) in [6.07, 6.45) is 1.38. The smallest absolute Gasteiger partial charge is 0.321 e. The number of ether oxygens (including phenoxy) is 1. The summed E-state index contributed by atoms with van der Waals surface area (Å²) in [7, 11) is 1.55. The van der Waals surface area contributed by atoms with Crippen LogP contribution in [-0.2, 0) is 9.59 Å². The molecule has 0 heterocycles. The first-order valence-electron chi connectivity index (χ1n) is 6.07. The first kappa shape index (κ1) is 15.7. The zero-order valence-electron chi connectivity index (χ0n) is 11.3. The number of benzene rings is 1. The van der Waals surface area contributed by atoms with E-state index >= 15 is 0 Å². The Balaban J connectivity index is 2.55. The van der Waals surface area contributed by atoms with Crippen molar-refractivity contribution in [1.29, 1.82) is 0 Å². The minimum atomic E-state index is -1.07. The van der Waals surface area contributed by atoms with Crippen LogP contribution in [0, 0.1) is 0 Å². The monoisotopic (exact) mass is 278 g/mol. The predicted molar refractivity (Wildman–Crippen MR) is 75.9 cm³/mol. The van der Waals surface area contributed by atoms with Gasteiger partial charge in [-0.15, -0.1) is 6.58 Å². The second-order valence-corrected chi connectivity index (χ2v) is 4.07. The van der Waals surface area contributed by atoms with Gasteiger partial charge in [0.15, 0.2) is 0 Å². The lowest BCUT2D eigenvalue weighted by molar-refractivity contribution is -0.140. The molecule has 6 heteroatoms. The molecule has 1 rings (SSSR count). The van der Waals surface area contributed by atoms with E-state index in [1.54, 1.807) is 31.4 Å². The van der Waals surface area contributed by atoms with Crippen molar-refractivity contribution in [2.24, 2.45) is 0 Å². The standard InChI is InChI=1S/C14H18N2O4/c1-3-8-15-12(14(18)19)9-13(17)16-10-4-6-11(20-2)7-5-10/h3-7,12,15H,1,8-9H2,2H3,(H,16,17)(H,18,19). The Morgan fingerprint density at radius 1 is 1.40 bits per heavy atom. The molecule has 1 amide bonds. The topological polar surface area (TPSA) is 87.7 Å². The van der Waals surface area contributed by atoms with Crippen molar-refractivity contribution in [3.63, 3.8) is 0 Å². The van der Waals surface area contributed by atoms with E-state index in [4.69, 9.17) is 9.84 Å². The summed E-state index contributed by atoms with van der Waals surface area (Å²) < 4.78 is 5.00. The highest BCUT2D eigenvalue weighted by Gasteiger charge is 2.20. The lowest BCUT2D eigenvalue weighted by atomic mass is 10.2. The minimum Gasteiger partial charge on any atom is -0.497 e. The Morgan fingerprint density at radius 2 is 2.05 bits per heavy atom. The second-order valence-electron chi connectivity index (χ2n) is 4.07. The Kier molecular flexibility index (Phi) is 6.25. The number of aliphatic carboxylic acids is 1. The maximum Gasteiger partial charge on any atom is 0.321 e. The van der Waals surface area contributed by atoms with Crippen LogP contribution in [0.15, 0.2) is 36.9 Å². The third-order valence-electron chi connectivity index (χ3n) is 2.57. The third-order valence-corrected chi connectivity index (χ3v) is 2.57. The number of carboxylic acid groups (broad SMARTS) is 1. The van der Waals surface area contributed by atoms with E-state index < -0.39 is 12.0 Å². The summed E-state index contributed by atoms with van der Waals surface area (Å²) in [4.78, 5) is 22.8. The van der Waals surface area contributed by atoms with Crippen molar-refractivity contribution >= 4 is 17.6 Å². The highest BCUT2D eigenvalue weighted by molar-refractivity contribution is 5.94. The van der Waals surface area contributed by atoms with Crippen LogP contribution in [0.3, 0.4) is 0 Å². The normalized spacial score (nSPS) is 11.4. The lowest BCUT2D eigenvalue weighted by Crippen LogP contribution is -2.39. The van der Waals surface area contributed by atoms with E-state index in [-0.39, 0.29) is 12.3 Å². The van der Waals surface area contributed by atoms with Gasteiger partial charge in [0, 0.05) is 12.2 Å². The van der Waals surface area contributed by atoms with Gasteiger partial charge in [-0.05, 0) is 24.3 Å². The van der Waals surface area contributed by atoms with E-state index in [9.17, 15) is 9.59 Å². The summed E-state index contributed by atoms with van der Waals surface area (Å²) >= 11 is 0. The summed E-state index contributed by atoms with van der Waals surface area (Å²) in [5.74, 6) is -0.769. The average Bonchev–Trinajstić information content (AvgIpc) is 2.44. The van der Waals surface area contributed by atoms with E-state index in [1.807, 2.05) is 0 Å². The Bertz CT molecular complexity index is 471. The van der Waals surface area contributed by atoms with Gasteiger partial charge in [-0.1, -0.05) is 6.08 Å². The number of hydrogen-bond acceptors (Lipinski definition) is 4. The summed E-state index contributed by atoms with van der Waals surface area (Å²) in [5.41, 5.74) is 0.587. The average molecular weight is 278 g/mol. The molecular formula is C14H18N2O4. The van der Waals surface area contributed by atoms with Crippen LogP contribution in [0.2, 0.25) is 0 Å². The van der Waals surface area contributed by atoms with Crippen LogP contribution in [-0.4, -0.2) is 36.7 Å². The highest BCUT2D eigenvalue weighted by atomic mass is 16.5. The molecule has 1 atom stereocenters. The first-order valence-corrected chi connectivity index (χ1v) is 6.07. The van der Waals surface area contributed by atoms with Gasteiger partial charge in [-0.2, -0.15) is 0 Å². The number of amides is 1. The number of methoxy groups -OCH3 is 1. The van der Waals surface area contributed by atoms with Gasteiger partial charge in [-0.25, -0.2) is 0 Å². The van der Waals surface area contributed by atoms with Crippen LogP contribution < -0.4 is 15.4 Å². The molecule has 1 aromatic carbocycles. The van der Waals surface area contributed by atoms with Crippen molar-refractivity contribution in [2.45, 2.75) is 12.5 Å². The molecule has 3 N–H and O–H groups in total. The number of carbonyl (C=O) groups excluding carboxylic acids is 1. The maximum absolute atomic E-state index is 11.8. The number of rotatable bonds is 8. The SMILES string of the molecule is C=CCNC(CC(=O)Nc1ccc(OC)cc1)C(=O)O.